The summed E-state index contributed by atoms with van der Waals surface area (Å²) in [4.78, 5) is 32.8. The molecular formula is C24H23Cl2N5O4S. The van der Waals surface area contributed by atoms with E-state index in [2.05, 4.69) is 15.1 Å². The van der Waals surface area contributed by atoms with Crippen molar-refractivity contribution in [3.63, 3.8) is 0 Å². The molecule has 0 spiro atoms. The van der Waals surface area contributed by atoms with E-state index in [0.717, 1.165) is 34.8 Å². The second-order valence-corrected chi connectivity index (χ2v) is 10.1. The van der Waals surface area contributed by atoms with Crippen molar-refractivity contribution in [3.8, 4) is 11.6 Å². The molecule has 2 aliphatic rings. The average molecular weight is 548 g/mol. The van der Waals surface area contributed by atoms with Gasteiger partial charge in [-0.3, -0.25) is 4.79 Å². The number of amides is 1. The molecule has 1 atom stereocenters. The third kappa shape index (κ3) is 5.25. The Kier molecular flexibility index (Phi) is 7.54. The molecule has 12 heteroatoms. The zero-order valence-corrected chi connectivity index (χ0v) is 21.7. The maximum Gasteiger partial charge on any atom is 0.260 e. The van der Waals surface area contributed by atoms with Gasteiger partial charge >= 0.3 is 0 Å². The Labute approximate surface area is 222 Å². The van der Waals surface area contributed by atoms with Crippen LogP contribution in [-0.4, -0.2) is 58.3 Å². The number of nitrogens with zero attached hydrogens (tertiary/aromatic N) is 5. The van der Waals surface area contributed by atoms with E-state index in [1.165, 1.54) is 19.6 Å². The van der Waals surface area contributed by atoms with E-state index in [-0.39, 0.29) is 30.4 Å². The molecule has 4 heterocycles. The molecule has 1 unspecified atom stereocenters. The molecule has 1 amide bonds. The number of carbonyl (C=O) groups excluding carboxylic acids is 1. The zero-order valence-electron chi connectivity index (χ0n) is 19.4. The molecule has 1 saturated heterocycles. The Bertz CT molecular complexity index is 1260. The molecule has 36 heavy (non-hydrogen) atoms. The summed E-state index contributed by atoms with van der Waals surface area (Å²) in [6.45, 7) is 1.18. The van der Waals surface area contributed by atoms with Crippen molar-refractivity contribution in [3.05, 3.63) is 62.4 Å². The second kappa shape index (κ2) is 11.0. The van der Waals surface area contributed by atoms with Crippen LogP contribution in [0, 0.1) is 0 Å². The summed E-state index contributed by atoms with van der Waals surface area (Å²) in [6.07, 6.45) is 4.73. The number of halogens is 2. The number of likely N-dealkylation sites (tertiary alicyclic amines) is 1. The normalized spacial score (nSPS) is 18.0. The highest BCUT2D eigenvalue weighted by atomic mass is 35.5. The first-order valence-electron chi connectivity index (χ1n) is 11.4. The first kappa shape index (κ1) is 24.7. The largest absolute Gasteiger partial charge is 0.490 e. The van der Waals surface area contributed by atoms with Gasteiger partial charge in [-0.2, -0.15) is 4.98 Å². The standard InChI is InChI=1S/C24H23Cl2N5O4S/c1-33-20-10-27-13-28-23(20)34-11-21(32)31-7-5-14(6-8-31)24-29-18(12-36-24)17-9-19(35-30-17)22-15(25)3-2-4-16(22)26/h2-4,10,12-14,19H,5-9,11H2,1H3. The Hall–Kier alpha value is -2.95. The van der Waals surface area contributed by atoms with Gasteiger partial charge in [-0.25, -0.2) is 9.97 Å². The molecule has 3 aromatic rings. The molecule has 0 radical (unpaired) electrons. The van der Waals surface area contributed by atoms with Crippen LogP contribution in [0.3, 0.4) is 0 Å². The van der Waals surface area contributed by atoms with E-state index >= 15 is 0 Å². The SMILES string of the molecule is COc1cncnc1OCC(=O)N1CCC(c2nc(C3=NOC(c4c(Cl)cccc4Cl)C3)cs2)CC1. The van der Waals surface area contributed by atoms with E-state index in [4.69, 9.17) is 42.5 Å². The fourth-order valence-corrected chi connectivity index (χ4v) is 5.90. The van der Waals surface area contributed by atoms with Crippen LogP contribution in [0.1, 0.15) is 47.5 Å². The topological polar surface area (TPSA) is 99.0 Å². The quantitative estimate of drug-likeness (QED) is 0.414. The van der Waals surface area contributed by atoms with Gasteiger partial charge in [0.1, 0.15) is 12.0 Å². The Balaban J connectivity index is 1.14. The number of thiazole rings is 1. The van der Waals surface area contributed by atoms with E-state index < -0.39 is 0 Å². The highest BCUT2D eigenvalue weighted by Gasteiger charge is 2.30. The van der Waals surface area contributed by atoms with Crippen molar-refractivity contribution in [2.75, 3.05) is 26.8 Å². The summed E-state index contributed by atoms with van der Waals surface area (Å²) < 4.78 is 10.7. The molecule has 5 rings (SSSR count). The van der Waals surface area contributed by atoms with Crippen molar-refractivity contribution in [1.29, 1.82) is 0 Å². The van der Waals surface area contributed by atoms with Crippen molar-refractivity contribution in [2.45, 2.75) is 31.3 Å². The fraction of sp³-hybridized carbons (Fsp3) is 0.375. The number of hydrogen-bond donors (Lipinski definition) is 0. The Morgan fingerprint density at radius 2 is 2.03 bits per heavy atom. The predicted octanol–water partition coefficient (Wildman–Crippen LogP) is 4.90. The molecular weight excluding hydrogens is 525 g/mol. The lowest BCUT2D eigenvalue weighted by Crippen LogP contribution is -2.40. The van der Waals surface area contributed by atoms with Gasteiger partial charge in [-0.05, 0) is 25.0 Å². The number of hydrogen-bond acceptors (Lipinski definition) is 9. The lowest BCUT2D eigenvalue weighted by molar-refractivity contribution is -0.134. The van der Waals surface area contributed by atoms with Crippen molar-refractivity contribution in [2.24, 2.45) is 5.16 Å². The maximum absolute atomic E-state index is 12.6. The summed E-state index contributed by atoms with van der Waals surface area (Å²) in [6, 6.07) is 5.39. The van der Waals surface area contributed by atoms with Crippen LogP contribution >= 0.6 is 34.5 Å². The van der Waals surface area contributed by atoms with E-state index in [9.17, 15) is 4.79 Å². The number of oxime groups is 1. The van der Waals surface area contributed by atoms with Gasteiger partial charge in [-0.15, -0.1) is 11.3 Å². The Morgan fingerprint density at radius 1 is 1.25 bits per heavy atom. The molecule has 1 fully saturated rings. The summed E-state index contributed by atoms with van der Waals surface area (Å²) in [7, 11) is 1.50. The van der Waals surface area contributed by atoms with Crippen LogP contribution in [0.15, 0.2) is 41.3 Å². The number of ether oxygens (including phenoxy) is 2. The summed E-state index contributed by atoms with van der Waals surface area (Å²) in [5.74, 6) is 0.842. The van der Waals surface area contributed by atoms with E-state index in [0.29, 0.717) is 35.3 Å². The number of carbonyl (C=O) groups is 1. The molecule has 1 aromatic carbocycles. The first-order chi connectivity index (χ1) is 17.5. The molecule has 0 aliphatic carbocycles. The minimum absolute atomic E-state index is 0.0873. The lowest BCUT2D eigenvalue weighted by Gasteiger charge is -2.31. The van der Waals surface area contributed by atoms with E-state index in [1.54, 1.807) is 29.5 Å². The van der Waals surface area contributed by atoms with Crippen LogP contribution in [-0.2, 0) is 9.63 Å². The van der Waals surface area contributed by atoms with Crippen molar-refractivity contribution in [1.82, 2.24) is 19.9 Å². The maximum atomic E-state index is 12.6. The predicted molar refractivity (Wildman–Crippen MR) is 136 cm³/mol. The van der Waals surface area contributed by atoms with Crippen molar-refractivity contribution < 1.29 is 19.1 Å². The molecule has 9 nitrogen and oxygen atoms in total. The minimum atomic E-state index is -0.329. The summed E-state index contributed by atoms with van der Waals surface area (Å²) in [5.41, 5.74) is 2.34. The number of aromatic nitrogens is 3. The van der Waals surface area contributed by atoms with Gasteiger partial charge in [0.25, 0.3) is 11.8 Å². The first-order valence-corrected chi connectivity index (χ1v) is 13.0. The molecule has 2 aliphatic heterocycles. The van der Waals surface area contributed by atoms with Crippen LogP contribution in [0.4, 0.5) is 0 Å². The van der Waals surface area contributed by atoms with Gasteiger partial charge in [0.05, 0.1) is 24.0 Å². The zero-order chi connectivity index (χ0) is 25.1. The van der Waals surface area contributed by atoms with Gasteiger partial charge in [0.2, 0.25) is 0 Å². The molecule has 0 saturated carbocycles. The number of piperidine rings is 1. The van der Waals surface area contributed by atoms with Crippen LogP contribution in [0.2, 0.25) is 10.0 Å². The summed E-state index contributed by atoms with van der Waals surface area (Å²) >= 11 is 14.3. The number of benzene rings is 1. The van der Waals surface area contributed by atoms with Crippen LogP contribution in [0.5, 0.6) is 11.6 Å². The molecule has 0 bridgehead atoms. The lowest BCUT2D eigenvalue weighted by atomic mass is 9.97. The third-order valence-electron chi connectivity index (χ3n) is 6.20. The number of methoxy groups -OCH3 is 1. The van der Waals surface area contributed by atoms with Gasteiger partial charge in [-0.1, -0.05) is 34.4 Å². The second-order valence-electron chi connectivity index (χ2n) is 8.38. The highest BCUT2D eigenvalue weighted by molar-refractivity contribution is 7.10. The third-order valence-corrected chi connectivity index (χ3v) is 7.87. The summed E-state index contributed by atoms with van der Waals surface area (Å²) in [5, 5.41) is 8.43. The van der Waals surface area contributed by atoms with Crippen LogP contribution < -0.4 is 9.47 Å². The highest BCUT2D eigenvalue weighted by Crippen LogP contribution is 2.39. The molecule has 2 aromatic heterocycles. The number of rotatable bonds is 7. The van der Waals surface area contributed by atoms with E-state index in [1.807, 2.05) is 10.3 Å². The minimum Gasteiger partial charge on any atom is -0.490 e. The van der Waals surface area contributed by atoms with Crippen LogP contribution in [0.25, 0.3) is 0 Å². The van der Waals surface area contributed by atoms with Crippen molar-refractivity contribution >= 4 is 46.2 Å². The average Bonchev–Trinajstić information content (AvgIpc) is 3.58. The van der Waals surface area contributed by atoms with Gasteiger partial charge in [0, 0.05) is 46.4 Å². The van der Waals surface area contributed by atoms with Gasteiger partial charge < -0.3 is 19.2 Å². The van der Waals surface area contributed by atoms with Gasteiger partial charge in [0.15, 0.2) is 18.5 Å². The monoisotopic (exact) mass is 547 g/mol. The Morgan fingerprint density at radius 3 is 2.78 bits per heavy atom. The molecule has 188 valence electrons. The fourth-order valence-electron chi connectivity index (χ4n) is 4.26. The smallest absolute Gasteiger partial charge is 0.260 e. The molecule has 0 N–H and O–H groups in total.